The summed E-state index contributed by atoms with van der Waals surface area (Å²) in [7, 11) is 0. The highest BCUT2D eigenvalue weighted by atomic mass is 16.2. The van der Waals surface area contributed by atoms with Gasteiger partial charge in [-0.2, -0.15) is 0 Å². The van der Waals surface area contributed by atoms with Gasteiger partial charge in [0.2, 0.25) is 5.91 Å². The molecule has 0 aromatic carbocycles. The Morgan fingerprint density at radius 3 is 2.00 bits per heavy atom. The third-order valence-corrected chi connectivity index (χ3v) is 2.42. The van der Waals surface area contributed by atoms with Crippen molar-refractivity contribution in [3.8, 4) is 0 Å². The average molecular weight is 229 g/mol. The van der Waals surface area contributed by atoms with Crippen LogP contribution >= 0.6 is 0 Å². The molecule has 0 heterocycles. The molecule has 96 valence electrons. The fourth-order valence-corrected chi connectivity index (χ4v) is 1.99. The first kappa shape index (κ1) is 15.4. The molecule has 0 saturated heterocycles. The summed E-state index contributed by atoms with van der Waals surface area (Å²) in [5, 5.41) is 4.00. The molecule has 16 heavy (non-hydrogen) atoms. The van der Waals surface area contributed by atoms with E-state index in [1.807, 2.05) is 5.01 Å². The summed E-state index contributed by atoms with van der Waals surface area (Å²) in [6, 6.07) is 0.654. The maximum atomic E-state index is 12.0. The number of hydrogen-bond donors (Lipinski definition) is 1. The molecule has 0 fully saturated rings. The van der Waals surface area contributed by atoms with Crippen molar-refractivity contribution in [2.45, 2.75) is 59.5 Å². The van der Waals surface area contributed by atoms with Gasteiger partial charge in [-0.15, -0.1) is 0 Å². The second-order valence-electron chi connectivity index (χ2n) is 4.62. The molecule has 0 aliphatic carbocycles. The SMILES string of the molecule is CCCN(C(=O)CCN)N(C(C)C)C(C)C. The van der Waals surface area contributed by atoms with Gasteiger partial charge in [0.1, 0.15) is 0 Å². The van der Waals surface area contributed by atoms with Crippen molar-refractivity contribution in [1.29, 1.82) is 0 Å². The van der Waals surface area contributed by atoms with E-state index in [1.54, 1.807) is 0 Å². The highest BCUT2D eigenvalue weighted by Gasteiger charge is 2.24. The lowest BCUT2D eigenvalue weighted by Gasteiger charge is -2.40. The van der Waals surface area contributed by atoms with Gasteiger partial charge < -0.3 is 5.73 Å². The Morgan fingerprint density at radius 1 is 1.19 bits per heavy atom. The summed E-state index contributed by atoms with van der Waals surface area (Å²) >= 11 is 0. The van der Waals surface area contributed by atoms with Crippen LogP contribution in [0.4, 0.5) is 0 Å². The van der Waals surface area contributed by atoms with E-state index in [1.165, 1.54) is 0 Å². The second kappa shape index (κ2) is 7.63. The first-order valence-electron chi connectivity index (χ1n) is 6.24. The van der Waals surface area contributed by atoms with Crippen LogP contribution in [0.25, 0.3) is 0 Å². The van der Waals surface area contributed by atoms with Gasteiger partial charge in [0, 0.05) is 31.6 Å². The average Bonchev–Trinajstić information content (AvgIpc) is 2.16. The van der Waals surface area contributed by atoms with Crippen LogP contribution in [0.3, 0.4) is 0 Å². The standard InChI is InChI=1S/C12H27N3O/c1-6-9-14(12(16)7-8-13)15(10(2)3)11(4)5/h10-11H,6-9,13H2,1-5H3. The first-order chi connectivity index (χ1) is 7.45. The van der Waals surface area contributed by atoms with E-state index in [4.69, 9.17) is 5.73 Å². The van der Waals surface area contributed by atoms with Crippen LogP contribution in [0.1, 0.15) is 47.5 Å². The van der Waals surface area contributed by atoms with E-state index in [9.17, 15) is 4.79 Å². The molecule has 0 atom stereocenters. The topological polar surface area (TPSA) is 49.6 Å². The number of carbonyl (C=O) groups excluding carboxylic acids is 1. The van der Waals surface area contributed by atoms with Gasteiger partial charge >= 0.3 is 0 Å². The van der Waals surface area contributed by atoms with E-state index >= 15 is 0 Å². The molecule has 0 aliphatic heterocycles. The van der Waals surface area contributed by atoms with Crippen molar-refractivity contribution >= 4 is 5.91 Å². The van der Waals surface area contributed by atoms with Crippen LogP contribution in [-0.4, -0.2) is 41.1 Å². The second-order valence-corrected chi connectivity index (χ2v) is 4.62. The molecule has 4 nitrogen and oxygen atoms in total. The number of hydrazine groups is 1. The van der Waals surface area contributed by atoms with Gasteiger partial charge in [-0.1, -0.05) is 6.92 Å². The van der Waals surface area contributed by atoms with E-state index in [0.717, 1.165) is 13.0 Å². The molecule has 0 aromatic heterocycles. The van der Waals surface area contributed by atoms with Gasteiger partial charge in [-0.05, 0) is 34.1 Å². The van der Waals surface area contributed by atoms with E-state index < -0.39 is 0 Å². The minimum Gasteiger partial charge on any atom is -0.330 e. The summed E-state index contributed by atoms with van der Waals surface area (Å²) < 4.78 is 0. The van der Waals surface area contributed by atoms with Crippen LogP contribution in [0, 0.1) is 0 Å². The van der Waals surface area contributed by atoms with Gasteiger partial charge in [0.05, 0.1) is 0 Å². The number of amides is 1. The molecule has 0 spiro atoms. The molecular formula is C12H27N3O. The summed E-state index contributed by atoms with van der Waals surface area (Å²) in [6.07, 6.45) is 1.39. The van der Waals surface area contributed by atoms with Crippen molar-refractivity contribution in [3.05, 3.63) is 0 Å². The zero-order valence-electron chi connectivity index (χ0n) is 11.4. The predicted octanol–water partition coefficient (Wildman–Crippen LogP) is 1.61. The van der Waals surface area contributed by atoms with Gasteiger partial charge in [-0.3, -0.25) is 9.80 Å². The van der Waals surface area contributed by atoms with Crippen molar-refractivity contribution in [3.63, 3.8) is 0 Å². The molecule has 0 aliphatic rings. The number of nitrogens with two attached hydrogens (primary N) is 1. The van der Waals surface area contributed by atoms with E-state index in [0.29, 0.717) is 25.0 Å². The van der Waals surface area contributed by atoms with Crippen molar-refractivity contribution in [1.82, 2.24) is 10.0 Å². The lowest BCUT2D eigenvalue weighted by molar-refractivity contribution is -0.157. The minimum absolute atomic E-state index is 0.131. The smallest absolute Gasteiger partial charge is 0.238 e. The Balaban J connectivity index is 4.76. The molecule has 0 aromatic rings. The molecule has 0 saturated carbocycles. The zero-order chi connectivity index (χ0) is 12.7. The number of carbonyl (C=O) groups is 1. The highest BCUT2D eigenvalue weighted by molar-refractivity contribution is 5.75. The summed E-state index contributed by atoms with van der Waals surface area (Å²) in [4.78, 5) is 12.0. The lowest BCUT2D eigenvalue weighted by atomic mass is 10.2. The maximum absolute atomic E-state index is 12.0. The molecule has 0 rings (SSSR count). The lowest BCUT2D eigenvalue weighted by Crippen LogP contribution is -2.53. The van der Waals surface area contributed by atoms with Crippen LogP contribution in [0.15, 0.2) is 0 Å². The quantitative estimate of drug-likeness (QED) is 0.675. The van der Waals surface area contributed by atoms with Crippen molar-refractivity contribution < 1.29 is 4.79 Å². The van der Waals surface area contributed by atoms with E-state index in [2.05, 4.69) is 39.6 Å². The van der Waals surface area contributed by atoms with Gasteiger partial charge in [-0.25, -0.2) is 5.01 Å². The van der Waals surface area contributed by atoms with Crippen LogP contribution in [0.5, 0.6) is 0 Å². The third kappa shape index (κ3) is 4.49. The number of nitrogens with zero attached hydrogens (tertiary/aromatic N) is 2. The molecule has 4 heteroatoms. The maximum Gasteiger partial charge on any atom is 0.238 e. The van der Waals surface area contributed by atoms with Crippen molar-refractivity contribution in [2.75, 3.05) is 13.1 Å². The molecule has 0 radical (unpaired) electrons. The monoisotopic (exact) mass is 229 g/mol. The van der Waals surface area contributed by atoms with Crippen molar-refractivity contribution in [2.24, 2.45) is 5.73 Å². The van der Waals surface area contributed by atoms with Crippen LogP contribution < -0.4 is 5.73 Å². The Kier molecular flexibility index (Phi) is 7.34. The third-order valence-electron chi connectivity index (χ3n) is 2.42. The number of hydrogen-bond acceptors (Lipinski definition) is 3. The highest BCUT2D eigenvalue weighted by Crippen LogP contribution is 2.12. The Bertz CT molecular complexity index is 196. The summed E-state index contributed by atoms with van der Waals surface area (Å²) in [6.45, 7) is 11.7. The Morgan fingerprint density at radius 2 is 1.69 bits per heavy atom. The normalized spacial score (nSPS) is 11.6. The molecule has 0 unspecified atom stereocenters. The zero-order valence-corrected chi connectivity index (χ0v) is 11.4. The fourth-order valence-electron chi connectivity index (χ4n) is 1.99. The summed E-state index contributed by atoms with van der Waals surface area (Å²) in [5.74, 6) is 0.131. The minimum atomic E-state index is 0.131. The van der Waals surface area contributed by atoms with Crippen LogP contribution in [-0.2, 0) is 4.79 Å². The van der Waals surface area contributed by atoms with Gasteiger partial charge in [0.25, 0.3) is 0 Å². The molecular weight excluding hydrogens is 202 g/mol. The Hall–Kier alpha value is -0.610. The van der Waals surface area contributed by atoms with E-state index in [-0.39, 0.29) is 5.91 Å². The summed E-state index contributed by atoms with van der Waals surface area (Å²) in [5.41, 5.74) is 5.45. The van der Waals surface area contributed by atoms with Gasteiger partial charge in [0.15, 0.2) is 0 Å². The van der Waals surface area contributed by atoms with Crippen LogP contribution in [0.2, 0.25) is 0 Å². The first-order valence-corrected chi connectivity index (χ1v) is 6.24. The fraction of sp³-hybridized carbons (Fsp3) is 0.917. The molecule has 0 bridgehead atoms. The predicted molar refractivity (Wildman–Crippen MR) is 67.8 cm³/mol. The Labute approximate surface area is 99.7 Å². The molecule has 1 amide bonds. The largest absolute Gasteiger partial charge is 0.330 e. The molecule has 2 N–H and O–H groups in total. The number of rotatable bonds is 7.